The SMILES string of the molecule is CCOc1cc(C(CO)Nc2ccccc2Cl)ccc1O. The number of hydrogen-bond donors (Lipinski definition) is 3. The molecule has 0 spiro atoms. The van der Waals surface area contributed by atoms with Crippen LogP contribution < -0.4 is 10.1 Å². The minimum Gasteiger partial charge on any atom is -0.504 e. The zero-order chi connectivity index (χ0) is 15.2. The summed E-state index contributed by atoms with van der Waals surface area (Å²) in [6, 6.07) is 12.0. The van der Waals surface area contributed by atoms with E-state index in [0.717, 1.165) is 11.3 Å². The largest absolute Gasteiger partial charge is 0.504 e. The average Bonchev–Trinajstić information content (AvgIpc) is 2.49. The standard InChI is InChI=1S/C16H18ClNO3/c1-2-21-16-9-11(7-8-15(16)20)14(10-19)18-13-6-4-3-5-12(13)17/h3-9,14,18-20H,2,10H2,1H3. The lowest BCUT2D eigenvalue weighted by molar-refractivity contribution is 0.275. The van der Waals surface area contributed by atoms with E-state index < -0.39 is 0 Å². The number of aliphatic hydroxyl groups excluding tert-OH is 1. The fraction of sp³-hybridized carbons (Fsp3) is 0.250. The summed E-state index contributed by atoms with van der Waals surface area (Å²) >= 11 is 6.11. The van der Waals surface area contributed by atoms with Crippen LogP contribution in [0.15, 0.2) is 42.5 Å². The molecule has 0 bridgehead atoms. The van der Waals surface area contributed by atoms with Crippen LogP contribution in [0.3, 0.4) is 0 Å². The van der Waals surface area contributed by atoms with Crippen LogP contribution in [-0.2, 0) is 0 Å². The van der Waals surface area contributed by atoms with E-state index in [2.05, 4.69) is 5.32 Å². The Kier molecular flexibility index (Phi) is 5.31. The highest BCUT2D eigenvalue weighted by molar-refractivity contribution is 6.33. The molecule has 0 amide bonds. The quantitative estimate of drug-likeness (QED) is 0.763. The number of phenols is 1. The molecule has 0 aliphatic heterocycles. The molecule has 0 saturated heterocycles. The molecule has 0 aromatic heterocycles. The van der Waals surface area contributed by atoms with Crippen LogP contribution >= 0.6 is 11.6 Å². The highest BCUT2D eigenvalue weighted by Gasteiger charge is 2.14. The van der Waals surface area contributed by atoms with Gasteiger partial charge in [0.15, 0.2) is 11.5 Å². The number of aromatic hydroxyl groups is 1. The van der Waals surface area contributed by atoms with Gasteiger partial charge in [0, 0.05) is 0 Å². The van der Waals surface area contributed by atoms with Gasteiger partial charge < -0.3 is 20.3 Å². The van der Waals surface area contributed by atoms with Gasteiger partial charge in [0.1, 0.15) is 0 Å². The van der Waals surface area contributed by atoms with Gasteiger partial charge in [-0.15, -0.1) is 0 Å². The Morgan fingerprint density at radius 2 is 2.00 bits per heavy atom. The number of para-hydroxylation sites is 1. The third-order valence-corrected chi connectivity index (χ3v) is 3.40. The van der Waals surface area contributed by atoms with Gasteiger partial charge in [-0.05, 0) is 36.8 Å². The van der Waals surface area contributed by atoms with E-state index in [1.54, 1.807) is 24.3 Å². The van der Waals surface area contributed by atoms with Gasteiger partial charge >= 0.3 is 0 Å². The number of rotatable bonds is 6. The van der Waals surface area contributed by atoms with Gasteiger partial charge in [0.05, 0.1) is 30.0 Å². The highest BCUT2D eigenvalue weighted by atomic mass is 35.5. The molecule has 2 aromatic rings. The molecule has 0 heterocycles. The molecule has 4 nitrogen and oxygen atoms in total. The van der Waals surface area contributed by atoms with Crippen molar-refractivity contribution in [2.45, 2.75) is 13.0 Å². The summed E-state index contributed by atoms with van der Waals surface area (Å²) in [6.07, 6.45) is 0. The Morgan fingerprint density at radius 3 is 2.67 bits per heavy atom. The number of anilines is 1. The number of nitrogens with one attached hydrogen (secondary N) is 1. The maximum atomic E-state index is 9.73. The van der Waals surface area contributed by atoms with Crippen LogP contribution in [0.2, 0.25) is 5.02 Å². The molecule has 0 fully saturated rings. The van der Waals surface area contributed by atoms with Gasteiger partial charge in [-0.1, -0.05) is 29.8 Å². The van der Waals surface area contributed by atoms with Crippen LogP contribution in [0.4, 0.5) is 5.69 Å². The lowest BCUT2D eigenvalue weighted by Crippen LogP contribution is -2.15. The minimum atomic E-state index is -0.343. The number of aliphatic hydroxyl groups is 1. The molecule has 21 heavy (non-hydrogen) atoms. The maximum absolute atomic E-state index is 9.73. The van der Waals surface area contributed by atoms with Gasteiger partial charge in [0.25, 0.3) is 0 Å². The molecule has 0 saturated carbocycles. The van der Waals surface area contributed by atoms with E-state index in [0.29, 0.717) is 17.4 Å². The second-order valence-electron chi connectivity index (χ2n) is 4.52. The molecular formula is C16H18ClNO3. The molecule has 2 rings (SSSR count). The molecule has 3 N–H and O–H groups in total. The Hall–Kier alpha value is -1.91. The summed E-state index contributed by atoms with van der Waals surface area (Å²) in [6.45, 7) is 2.19. The molecule has 2 aromatic carbocycles. The number of hydrogen-bond acceptors (Lipinski definition) is 4. The Bertz CT molecular complexity index is 604. The van der Waals surface area contributed by atoms with Crippen molar-refractivity contribution in [3.05, 3.63) is 53.1 Å². The van der Waals surface area contributed by atoms with Crippen LogP contribution in [0.1, 0.15) is 18.5 Å². The summed E-state index contributed by atoms with van der Waals surface area (Å²) in [5.74, 6) is 0.476. The van der Waals surface area contributed by atoms with E-state index in [4.69, 9.17) is 16.3 Å². The maximum Gasteiger partial charge on any atom is 0.161 e. The average molecular weight is 308 g/mol. The minimum absolute atomic E-state index is 0.0787. The number of ether oxygens (including phenoxy) is 1. The number of phenolic OH excluding ortho intramolecular Hbond substituents is 1. The van der Waals surface area contributed by atoms with Crippen molar-refractivity contribution >= 4 is 17.3 Å². The summed E-state index contributed by atoms with van der Waals surface area (Å²) in [7, 11) is 0. The molecule has 0 aliphatic carbocycles. The number of benzene rings is 2. The fourth-order valence-electron chi connectivity index (χ4n) is 2.02. The van der Waals surface area contributed by atoms with Crippen molar-refractivity contribution in [3.63, 3.8) is 0 Å². The monoisotopic (exact) mass is 307 g/mol. The topological polar surface area (TPSA) is 61.7 Å². The summed E-state index contributed by atoms with van der Waals surface area (Å²) in [5, 5.41) is 23.1. The molecule has 112 valence electrons. The molecular weight excluding hydrogens is 290 g/mol. The zero-order valence-corrected chi connectivity index (χ0v) is 12.5. The number of halogens is 1. The molecule has 0 aliphatic rings. The van der Waals surface area contributed by atoms with E-state index >= 15 is 0 Å². The van der Waals surface area contributed by atoms with E-state index in [1.807, 2.05) is 25.1 Å². The molecule has 1 unspecified atom stereocenters. The normalized spacial score (nSPS) is 12.0. The summed E-state index contributed by atoms with van der Waals surface area (Å²) < 4.78 is 5.36. The third-order valence-electron chi connectivity index (χ3n) is 3.07. The predicted octanol–water partition coefficient (Wildman–Crippen LogP) is 3.59. The van der Waals surface area contributed by atoms with E-state index in [9.17, 15) is 10.2 Å². The molecule has 1 atom stereocenters. The smallest absolute Gasteiger partial charge is 0.161 e. The lowest BCUT2D eigenvalue weighted by Gasteiger charge is -2.20. The van der Waals surface area contributed by atoms with Crippen molar-refractivity contribution < 1.29 is 14.9 Å². The molecule has 5 heteroatoms. The third kappa shape index (κ3) is 3.80. The van der Waals surface area contributed by atoms with Gasteiger partial charge in [-0.2, -0.15) is 0 Å². The van der Waals surface area contributed by atoms with Gasteiger partial charge in [0.2, 0.25) is 0 Å². The van der Waals surface area contributed by atoms with Gasteiger partial charge in [-0.25, -0.2) is 0 Å². The first-order chi connectivity index (χ1) is 10.2. The predicted molar refractivity (Wildman–Crippen MR) is 84.2 cm³/mol. The summed E-state index contributed by atoms with van der Waals surface area (Å²) in [4.78, 5) is 0. The first-order valence-electron chi connectivity index (χ1n) is 6.73. The highest BCUT2D eigenvalue weighted by Crippen LogP contribution is 2.31. The van der Waals surface area contributed by atoms with E-state index in [1.165, 1.54) is 0 Å². The van der Waals surface area contributed by atoms with Crippen LogP contribution in [0.25, 0.3) is 0 Å². The van der Waals surface area contributed by atoms with Crippen LogP contribution in [-0.4, -0.2) is 23.4 Å². The second-order valence-corrected chi connectivity index (χ2v) is 4.93. The zero-order valence-electron chi connectivity index (χ0n) is 11.7. The van der Waals surface area contributed by atoms with Crippen LogP contribution in [0.5, 0.6) is 11.5 Å². The van der Waals surface area contributed by atoms with Crippen molar-refractivity contribution in [1.82, 2.24) is 0 Å². The van der Waals surface area contributed by atoms with Crippen molar-refractivity contribution in [2.24, 2.45) is 0 Å². The van der Waals surface area contributed by atoms with Crippen molar-refractivity contribution in [3.8, 4) is 11.5 Å². The first-order valence-corrected chi connectivity index (χ1v) is 7.11. The van der Waals surface area contributed by atoms with Crippen LogP contribution in [0, 0.1) is 0 Å². The lowest BCUT2D eigenvalue weighted by atomic mass is 10.1. The fourth-order valence-corrected chi connectivity index (χ4v) is 2.21. The molecule has 0 radical (unpaired) electrons. The van der Waals surface area contributed by atoms with Crippen molar-refractivity contribution in [1.29, 1.82) is 0 Å². The first kappa shape index (κ1) is 15.5. The Balaban J connectivity index is 2.25. The Morgan fingerprint density at radius 1 is 1.24 bits per heavy atom. The Labute approximate surface area is 129 Å². The second kappa shape index (κ2) is 7.20. The summed E-state index contributed by atoms with van der Waals surface area (Å²) in [5.41, 5.74) is 1.54. The van der Waals surface area contributed by atoms with Gasteiger partial charge in [-0.3, -0.25) is 0 Å². The van der Waals surface area contributed by atoms with Crippen molar-refractivity contribution in [2.75, 3.05) is 18.5 Å². The van der Waals surface area contributed by atoms with E-state index in [-0.39, 0.29) is 18.4 Å².